The van der Waals surface area contributed by atoms with Gasteiger partial charge in [-0.15, -0.1) is 0 Å². The van der Waals surface area contributed by atoms with E-state index in [4.69, 9.17) is 0 Å². The summed E-state index contributed by atoms with van der Waals surface area (Å²) in [4.78, 5) is 18.7. The minimum Gasteiger partial charge on any atom is -0.350 e. The first kappa shape index (κ1) is 19.3. The van der Waals surface area contributed by atoms with Crippen LogP contribution in [0, 0.1) is 11.8 Å². The Morgan fingerprint density at radius 2 is 1.96 bits per heavy atom. The second-order valence-corrected chi connectivity index (χ2v) is 6.73. The van der Waals surface area contributed by atoms with Crippen LogP contribution in [0.15, 0.2) is 35.3 Å². The van der Waals surface area contributed by atoms with Crippen molar-refractivity contribution in [3.05, 3.63) is 35.9 Å². The molecule has 1 atom stereocenters. The van der Waals surface area contributed by atoms with Gasteiger partial charge in [-0.3, -0.25) is 9.79 Å². The highest BCUT2D eigenvalue weighted by atomic mass is 16.1. The maximum Gasteiger partial charge on any atom is 0.239 e. The van der Waals surface area contributed by atoms with Crippen molar-refractivity contribution in [2.75, 3.05) is 26.7 Å². The van der Waals surface area contributed by atoms with Crippen molar-refractivity contribution in [2.24, 2.45) is 16.8 Å². The number of benzene rings is 1. The van der Waals surface area contributed by atoms with E-state index in [1.807, 2.05) is 30.3 Å². The van der Waals surface area contributed by atoms with E-state index >= 15 is 0 Å². The Balaban J connectivity index is 1.76. The summed E-state index contributed by atoms with van der Waals surface area (Å²) in [6.45, 7) is 7.43. The smallest absolute Gasteiger partial charge is 0.239 e. The summed E-state index contributed by atoms with van der Waals surface area (Å²) in [5, 5.41) is 6.15. The Morgan fingerprint density at radius 1 is 1.24 bits per heavy atom. The molecular weight excluding hydrogens is 312 g/mol. The summed E-state index contributed by atoms with van der Waals surface area (Å²) in [5.74, 6) is 2.35. The zero-order valence-corrected chi connectivity index (χ0v) is 15.8. The van der Waals surface area contributed by atoms with Crippen LogP contribution in [0.1, 0.15) is 38.7 Å². The second-order valence-electron chi connectivity index (χ2n) is 6.73. The molecule has 1 amide bonds. The van der Waals surface area contributed by atoms with Crippen molar-refractivity contribution in [3.63, 3.8) is 0 Å². The van der Waals surface area contributed by atoms with Gasteiger partial charge in [-0.2, -0.15) is 0 Å². The number of guanidine groups is 1. The largest absolute Gasteiger partial charge is 0.350 e. The van der Waals surface area contributed by atoms with E-state index in [-0.39, 0.29) is 12.5 Å². The molecule has 0 saturated carbocycles. The minimum atomic E-state index is -0.0132. The number of carbonyl (C=O) groups excluding carboxylic acids is 1. The van der Waals surface area contributed by atoms with Gasteiger partial charge >= 0.3 is 0 Å². The third kappa shape index (κ3) is 5.76. The lowest BCUT2D eigenvalue weighted by molar-refractivity contribution is -0.120. The van der Waals surface area contributed by atoms with Crippen LogP contribution in [0.3, 0.4) is 0 Å². The first-order valence-electron chi connectivity index (χ1n) is 9.44. The molecule has 1 saturated heterocycles. The lowest BCUT2D eigenvalue weighted by Gasteiger charge is -2.24. The van der Waals surface area contributed by atoms with E-state index in [9.17, 15) is 4.79 Å². The summed E-state index contributed by atoms with van der Waals surface area (Å²) in [7, 11) is 1.79. The number of nitrogens with one attached hydrogen (secondary N) is 2. The molecule has 1 aliphatic heterocycles. The molecule has 1 fully saturated rings. The van der Waals surface area contributed by atoms with Crippen molar-refractivity contribution in [1.29, 1.82) is 0 Å². The lowest BCUT2D eigenvalue weighted by Crippen LogP contribution is -2.44. The van der Waals surface area contributed by atoms with E-state index in [1.165, 1.54) is 19.3 Å². The maximum absolute atomic E-state index is 12.1. The Bertz CT molecular complexity index is 554. The van der Waals surface area contributed by atoms with E-state index in [1.54, 1.807) is 7.05 Å². The third-order valence-corrected chi connectivity index (χ3v) is 5.19. The van der Waals surface area contributed by atoms with E-state index < -0.39 is 0 Å². The first-order chi connectivity index (χ1) is 12.2. The normalized spacial score (nSPS) is 17.8. The van der Waals surface area contributed by atoms with Gasteiger partial charge in [-0.25, -0.2) is 0 Å². The van der Waals surface area contributed by atoms with Crippen LogP contribution in [-0.2, 0) is 11.3 Å². The first-order valence-corrected chi connectivity index (χ1v) is 9.44. The summed E-state index contributed by atoms with van der Waals surface area (Å²) >= 11 is 0. The molecule has 2 N–H and O–H groups in total. The number of rotatable bonds is 7. The van der Waals surface area contributed by atoms with Crippen molar-refractivity contribution >= 4 is 11.9 Å². The molecular formula is C20H32N4O. The molecule has 0 radical (unpaired) electrons. The third-order valence-electron chi connectivity index (χ3n) is 5.19. The Morgan fingerprint density at radius 3 is 2.60 bits per heavy atom. The average Bonchev–Trinajstić information content (AvgIpc) is 3.12. The van der Waals surface area contributed by atoms with Crippen LogP contribution in [0.2, 0.25) is 0 Å². The van der Waals surface area contributed by atoms with Crippen LogP contribution >= 0.6 is 0 Å². The van der Waals surface area contributed by atoms with Crippen molar-refractivity contribution in [1.82, 2.24) is 15.5 Å². The van der Waals surface area contributed by atoms with Gasteiger partial charge in [-0.1, -0.05) is 57.0 Å². The van der Waals surface area contributed by atoms with E-state index in [2.05, 4.69) is 34.4 Å². The van der Waals surface area contributed by atoms with Crippen LogP contribution in [0.5, 0.6) is 0 Å². The molecule has 5 nitrogen and oxygen atoms in total. The second kappa shape index (κ2) is 10.1. The number of likely N-dealkylation sites (tertiary alicyclic amines) is 1. The highest BCUT2D eigenvalue weighted by molar-refractivity contribution is 5.86. The molecule has 1 aromatic carbocycles. The number of nitrogens with zero attached hydrogens (tertiary/aromatic N) is 2. The highest BCUT2D eigenvalue weighted by Crippen LogP contribution is 2.28. The summed E-state index contributed by atoms with van der Waals surface area (Å²) < 4.78 is 0. The number of amides is 1. The Kier molecular flexibility index (Phi) is 7.76. The number of hydrogen-bond donors (Lipinski definition) is 2. The van der Waals surface area contributed by atoms with E-state index in [0.29, 0.717) is 6.54 Å². The molecule has 0 aliphatic carbocycles. The van der Waals surface area contributed by atoms with Gasteiger partial charge in [0.2, 0.25) is 5.91 Å². The fourth-order valence-corrected chi connectivity index (χ4v) is 3.67. The molecule has 1 unspecified atom stereocenters. The molecule has 0 bridgehead atoms. The average molecular weight is 345 g/mol. The molecule has 1 heterocycles. The molecule has 1 aliphatic rings. The topological polar surface area (TPSA) is 56.7 Å². The van der Waals surface area contributed by atoms with Gasteiger partial charge < -0.3 is 15.5 Å². The molecule has 0 spiro atoms. The number of aliphatic imine (C=N–C) groups is 1. The predicted molar refractivity (Wildman–Crippen MR) is 103 cm³/mol. The molecule has 0 aromatic heterocycles. The molecule has 138 valence electrons. The van der Waals surface area contributed by atoms with Crippen molar-refractivity contribution in [3.8, 4) is 0 Å². The zero-order valence-electron chi connectivity index (χ0n) is 15.8. The van der Waals surface area contributed by atoms with Crippen LogP contribution in [0.25, 0.3) is 0 Å². The molecule has 25 heavy (non-hydrogen) atoms. The Labute approximate surface area is 151 Å². The molecule has 5 heteroatoms. The van der Waals surface area contributed by atoms with Gasteiger partial charge in [-0.05, 0) is 23.8 Å². The number of hydrogen-bond acceptors (Lipinski definition) is 2. The van der Waals surface area contributed by atoms with Crippen LogP contribution in [0.4, 0.5) is 0 Å². The van der Waals surface area contributed by atoms with Gasteiger partial charge in [0.1, 0.15) is 0 Å². The van der Waals surface area contributed by atoms with Gasteiger partial charge in [0.25, 0.3) is 0 Å². The van der Waals surface area contributed by atoms with Gasteiger partial charge in [0.15, 0.2) is 5.96 Å². The molecule has 2 rings (SSSR count). The lowest BCUT2D eigenvalue weighted by atomic mass is 9.87. The Hall–Kier alpha value is -2.04. The minimum absolute atomic E-state index is 0.0132. The fourth-order valence-electron chi connectivity index (χ4n) is 3.67. The predicted octanol–water partition coefficient (Wildman–Crippen LogP) is 2.64. The SMILES string of the molecule is CCC(CC)C1CCN(C(=NC)NCC(=O)NCc2ccccc2)C1. The van der Waals surface area contributed by atoms with Gasteiger partial charge in [0.05, 0.1) is 6.54 Å². The monoisotopic (exact) mass is 344 g/mol. The standard InChI is InChI=1S/C20H32N4O/c1-4-17(5-2)18-11-12-24(15-18)20(21-3)23-14-19(25)22-13-16-9-7-6-8-10-16/h6-10,17-18H,4-5,11-15H2,1-3H3,(H,21,23)(H,22,25). The van der Waals surface area contributed by atoms with Crippen LogP contribution < -0.4 is 10.6 Å². The summed E-state index contributed by atoms with van der Waals surface area (Å²) in [5.41, 5.74) is 1.10. The van der Waals surface area contributed by atoms with Crippen molar-refractivity contribution in [2.45, 2.75) is 39.7 Å². The fraction of sp³-hybridized carbons (Fsp3) is 0.600. The summed E-state index contributed by atoms with van der Waals surface area (Å²) in [6, 6.07) is 9.95. The summed E-state index contributed by atoms with van der Waals surface area (Å²) in [6.07, 6.45) is 3.69. The van der Waals surface area contributed by atoms with E-state index in [0.717, 1.165) is 36.4 Å². The maximum atomic E-state index is 12.1. The number of carbonyl (C=O) groups is 1. The van der Waals surface area contributed by atoms with Crippen LogP contribution in [-0.4, -0.2) is 43.4 Å². The molecule has 1 aromatic rings. The quantitative estimate of drug-likeness (QED) is 0.590. The zero-order chi connectivity index (χ0) is 18.1. The van der Waals surface area contributed by atoms with Gasteiger partial charge in [0, 0.05) is 26.7 Å². The van der Waals surface area contributed by atoms with Crippen molar-refractivity contribution < 1.29 is 4.79 Å². The highest BCUT2D eigenvalue weighted by Gasteiger charge is 2.29.